The van der Waals surface area contributed by atoms with E-state index in [0.29, 0.717) is 5.96 Å². The monoisotopic (exact) mass is 228 g/mol. The first kappa shape index (κ1) is 13.7. The summed E-state index contributed by atoms with van der Waals surface area (Å²) < 4.78 is 0. The Morgan fingerprint density at radius 2 is 1.93 bits per heavy atom. The maximum Gasteiger partial charge on any atom is 0.208 e. The molecule has 3 N–H and O–H groups in total. The molecule has 1 aromatic carbocycles. The number of aryl methyl sites for hydroxylation is 1. The molecule has 0 saturated carbocycles. The fraction of sp³-hybridized carbons (Fsp3) is 0.300. The van der Waals surface area contributed by atoms with Crippen LogP contribution in [0.1, 0.15) is 5.56 Å². The van der Waals surface area contributed by atoms with Gasteiger partial charge in [0.1, 0.15) is 0 Å². The Morgan fingerprint density at radius 3 is 2.47 bits per heavy atom. The predicted octanol–water partition coefficient (Wildman–Crippen LogP) is 1.43. The minimum atomic E-state index is 0. The van der Waals surface area contributed by atoms with E-state index in [-0.39, 0.29) is 12.4 Å². The molecule has 0 aromatic heterocycles. The molecule has 0 fully saturated rings. The maximum atomic E-state index is 5.67. The number of hydrogen-bond donors (Lipinski definition) is 2. The molecule has 5 heteroatoms. The third-order valence-corrected chi connectivity index (χ3v) is 1.69. The third kappa shape index (κ3) is 4.67. The zero-order valence-corrected chi connectivity index (χ0v) is 10.0. The minimum absolute atomic E-state index is 0. The van der Waals surface area contributed by atoms with Crippen LogP contribution >= 0.6 is 12.4 Å². The Kier molecular flexibility index (Phi) is 5.74. The molecule has 84 valence electrons. The van der Waals surface area contributed by atoms with Gasteiger partial charge in [-0.05, 0) is 18.6 Å². The third-order valence-electron chi connectivity index (χ3n) is 1.69. The second-order valence-corrected chi connectivity index (χ2v) is 3.29. The van der Waals surface area contributed by atoms with Gasteiger partial charge < -0.3 is 5.73 Å². The molecule has 0 unspecified atom stereocenters. The lowest BCUT2D eigenvalue weighted by Gasteiger charge is -2.12. The van der Waals surface area contributed by atoms with E-state index in [4.69, 9.17) is 5.73 Å². The van der Waals surface area contributed by atoms with Crippen LogP contribution in [0.15, 0.2) is 29.3 Å². The SMILES string of the molecule is Cc1ccccc1N=C(N)NN(C)C.Cl. The first-order valence-corrected chi connectivity index (χ1v) is 4.43. The molecular formula is C10H17ClN4. The Morgan fingerprint density at radius 1 is 1.33 bits per heavy atom. The second-order valence-electron chi connectivity index (χ2n) is 3.29. The van der Waals surface area contributed by atoms with Crippen molar-refractivity contribution in [2.75, 3.05) is 14.1 Å². The van der Waals surface area contributed by atoms with E-state index in [0.717, 1.165) is 11.3 Å². The average Bonchev–Trinajstić information content (AvgIpc) is 2.07. The lowest BCUT2D eigenvalue weighted by molar-refractivity contribution is 0.360. The van der Waals surface area contributed by atoms with Gasteiger partial charge in [0.2, 0.25) is 5.96 Å². The normalized spacial score (nSPS) is 11.1. The summed E-state index contributed by atoms with van der Waals surface area (Å²) >= 11 is 0. The molecule has 0 spiro atoms. The summed E-state index contributed by atoms with van der Waals surface area (Å²) in [5.41, 5.74) is 10.5. The number of para-hydroxylation sites is 1. The topological polar surface area (TPSA) is 53.6 Å². The number of nitrogens with zero attached hydrogens (tertiary/aromatic N) is 2. The van der Waals surface area contributed by atoms with E-state index < -0.39 is 0 Å². The summed E-state index contributed by atoms with van der Waals surface area (Å²) in [7, 11) is 3.72. The molecule has 0 amide bonds. The van der Waals surface area contributed by atoms with Crippen LogP contribution in [0, 0.1) is 6.92 Å². The molecule has 0 aliphatic heterocycles. The first-order valence-electron chi connectivity index (χ1n) is 4.43. The van der Waals surface area contributed by atoms with Crippen LogP contribution in [-0.4, -0.2) is 25.1 Å². The summed E-state index contributed by atoms with van der Waals surface area (Å²) in [6, 6.07) is 7.85. The maximum absolute atomic E-state index is 5.67. The van der Waals surface area contributed by atoms with E-state index in [9.17, 15) is 0 Å². The summed E-state index contributed by atoms with van der Waals surface area (Å²) in [5, 5.41) is 1.75. The Hall–Kier alpha value is -1.26. The number of halogens is 1. The zero-order chi connectivity index (χ0) is 10.6. The van der Waals surface area contributed by atoms with Crippen molar-refractivity contribution in [3.8, 4) is 0 Å². The highest BCUT2D eigenvalue weighted by Gasteiger charge is 1.96. The smallest absolute Gasteiger partial charge is 0.208 e. The number of hydrazine groups is 1. The summed E-state index contributed by atoms with van der Waals surface area (Å²) in [6.07, 6.45) is 0. The van der Waals surface area contributed by atoms with Gasteiger partial charge in [-0.1, -0.05) is 18.2 Å². The van der Waals surface area contributed by atoms with Gasteiger partial charge in [-0.25, -0.2) is 10.0 Å². The van der Waals surface area contributed by atoms with E-state index in [1.165, 1.54) is 0 Å². The fourth-order valence-electron chi connectivity index (χ4n) is 1.07. The number of benzene rings is 1. The molecule has 0 atom stereocenters. The van der Waals surface area contributed by atoms with E-state index in [2.05, 4.69) is 10.4 Å². The minimum Gasteiger partial charge on any atom is -0.369 e. The van der Waals surface area contributed by atoms with Crippen molar-refractivity contribution >= 4 is 24.1 Å². The van der Waals surface area contributed by atoms with Gasteiger partial charge in [0.05, 0.1) is 5.69 Å². The van der Waals surface area contributed by atoms with E-state index >= 15 is 0 Å². The predicted molar refractivity (Wildman–Crippen MR) is 66.5 cm³/mol. The lowest BCUT2D eigenvalue weighted by Crippen LogP contribution is -2.41. The highest BCUT2D eigenvalue weighted by atomic mass is 35.5. The number of aliphatic imine (C=N–C) groups is 1. The van der Waals surface area contributed by atoms with Crippen LogP contribution in [0.25, 0.3) is 0 Å². The highest BCUT2D eigenvalue weighted by Crippen LogP contribution is 2.16. The largest absolute Gasteiger partial charge is 0.369 e. The van der Waals surface area contributed by atoms with Gasteiger partial charge in [-0.3, -0.25) is 5.43 Å². The van der Waals surface area contributed by atoms with E-state index in [1.807, 2.05) is 45.3 Å². The molecule has 4 nitrogen and oxygen atoms in total. The Labute approximate surface area is 96.6 Å². The number of guanidine groups is 1. The molecule has 0 aliphatic carbocycles. The van der Waals surface area contributed by atoms with Crippen LogP contribution in [0.3, 0.4) is 0 Å². The van der Waals surface area contributed by atoms with Gasteiger partial charge in [0, 0.05) is 14.1 Å². The fourth-order valence-corrected chi connectivity index (χ4v) is 1.07. The molecule has 15 heavy (non-hydrogen) atoms. The van der Waals surface area contributed by atoms with Gasteiger partial charge in [0.25, 0.3) is 0 Å². The van der Waals surface area contributed by atoms with Crippen molar-refractivity contribution in [3.05, 3.63) is 29.8 Å². The quantitative estimate of drug-likeness (QED) is 0.458. The molecule has 0 saturated heterocycles. The summed E-state index contributed by atoms with van der Waals surface area (Å²) in [4.78, 5) is 4.24. The zero-order valence-electron chi connectivity index (χ0n) is 9.19. The number of hydrogen-bond acceptors (Lipinski definition) is 2. The van der Waals surface area contributed by atoms with Crippen LogP contribution < -0.4 is 11.2 Å². The first-order chi connectivity index (χ1) is 6.59. The van der Waals surface area contributed by atoms with Gasteiger partial charge >= 0.3 is 0 Å². The van der Waals surface area contributed by atoms with Crippen LogP contribution in [0.5, 0.6) is 0 Å². The number of rotatable bonds is 2. The van der Waals surface area contributed by atoms with Crippen molar-refractivity contribution in [2.24, 2.45) is 10.7 Å². The van der Waals surface area contributed by atoms with Crippen LogP contribution in [0.2, 0.25) is 0 Å². The standard InChI is InChI=1S/C10H16N4.ClH/c1-8-6-4-5-7-9(8)12-10(11)13-14(2)3;/h4-7H,1-3H3,(H3,11,12,13);1H. The molecule has 0 aliphatic rings. The Balaban J connectivity index is 0.00000196. The number of nitrogens with one attached hydrogen (secondary N) is 1. The van der Waals surface area contributed by atoms with Gasteiger partial charge in [0.15, 0.2) is 0 Å². The summed E-state index contributed by atoms with van der Waals surface area (Å²) in [6.45, 7) is 2.00. The van der Waals surface area contributed by atoms with Gasteiger partial charge in [-0.2, -0.15) is 0 Å². The highest BCUT2D eigenvalue weighted by molar-refractivity contribution is 5.85. The molecule has 0 radical (unpaired) electrons. The molecule has 1 aromatic rings. The Bertz CT molecular complexity index is 336. The van der Waals surface area contributed by atoms with Crippen molar-refractivity contribution in [2.45, 2.75) is 6.92 Å². The number of nitrogens with two attached hydrogens (primary N) is 1. The van der Waals surface area contributed by atoms with Crippen molar-refractivity contribution < 1.29 is 0 Å². The lowest BCUT2D eigenvalue weighted by atomic mass is 10.2. The second kappa shape index (κ2) is 6.27. The molecule has 0 bridgehead atoms. The molecular weight excluding hydrogens is 212 g/mol. The van der Waals surface area contributed by atoms with Crippen LogP contribution in [0.4, 0.5) is 5.69 Å². The van der Waals surface area contributed by atoms with Crippen molar-refractivity contribution in [1.29, 1.82) is 0 Å². The van der Waals surface area contributed by atoms with Crippen molar-refractivity contribution in [1.82, 2.24) is 10.4 Å². The van der Waals surface area contributed by atoms with E-state index in [1.54, 1.807) is 5.01 Å². The summed E-state index contributed by atoms with van der Waals surface area (Å²) in [5.74, 6) is 0.393. The van der Waals surface area contributed by atoms with Crippen LogP contribution in [-0.2, 0) is 0 Å². The molecule has 0 heterocycles. The molecule has 1 rings (SSSR count). The van der Waals surface area contributed by atoms with Crippen molar-refractivity contribution in [3.63, 3.8) is 0 Å². The average molecular weight is 229 g/mol. The van der Waals surface area contributed by atoms with Gasteiger partial charge in [-0.15, -0.1) is 12.4 Å².